The SMILES string of the molecule is Nc1ccc(CC(=O)c2cc(NC(=O)C3C(c4cc(Cl)cc(Cl)c4)C3(Cl)Cl)ccc2Cl)cc1F. The van der Waals surface area contributed by atoms with Crippen molar-refractivity contribution in [3.8, 4) is 0 Å². The van der Waals surface area contributed by atoms with Crippen LogP contribution in [0.3, 0.4) is 0 Å². The summed E-state index contributed by atoms with van der Waals surface area (Å²) in [6.45, 7) is 0. The van der Waals surface area contributed by atoms with Crippen molar-refractivity contribution in [1.82, 2.24) is 0 Å². The summed E-state index contributed by atoms with van der Waals surface area (Å²) in [5, 5.41) is 3.73. The van der Waals surface area contributed by atoms with Gasteiger partial charge in [-0.2, -0.15) is 0 Å². The zero-order valence-electron chi connectivity index (χ0n) is 17.2. The molecule has 0 bridgehead atoms. The summed E-state index contributed by atoms with van der Waals surface area (Å²) < 4.78 is 12.4. The second-order valence-corrected chi connectivity index (χ2v) is 10.7. The molecule has 3 aromatic rings. The van der Waals surface area contributed by atoms with E-state index in [0.29, 0.717) is 26.9 Å². The van der Waals surface area contributed by atoms with Gasteiger partial charge in [0.2, 0.25) is 5.91 Å². The van der Waals surface area contributed by atoms with E-state index in [2.05, 4.69) is 5.32 Å². The van der Waals surface area contributed by atoms with E-state index in [1.54, 1.807) is 30.3 Å². The zero-order valence-corrected chi connectivity index (χ0v) is 21.0. The fourth-order valence-corrected chi connectivity index (χ4v) is 5.41. The Kier molecular flexibility index (Phi) is 7.05. The molecule has 0 radical (unpaired) electrons. The normalized spacial score (nSPS) is 18.4. The van der Waals surface area contributed by atoms with Gasteiger partial charge in [-0.1, -0.05) is 40.9 Å². The summed E-state index contributed by atoms with van der Waals surface area (Å²) in [6.07, 6.45) is -0.0962. The van der Waals surface area contributed by atoms with Crippen LogP contribution in [-0.4, -0.2) is 16.0 Å². The third-order valence-corrected chi connectivity index (χ3v) is 7.25. The molecule has 0 saturated heterocycles. The topological polar surface area (TPSA) is 72.2 Å². The predicted octanol–water partition coefficient (Wildman–Crippen LogP) is 7.32. The fraction of sp³-hybridized carbons (Fsp3) is 0.167. The number of benzene rings is 3. The van der Waals surface area contributed by atoms with Gasteiger partial charge < -0.3 is 11.1 Å². The summed E-state index contributed by atoms with van der Waals surface area (Å²) in [6, 6.07) is 13.5. The monoisotopic (exact) mass is 558 g/mol. The molecular formula is C24H16Cl5FN2O2. The van der Waals surface area contributed by atoms with Crippen molar-refractivity contribution in [3.63, 3.8) is 0 Å². The molecule has 0 aliphatic heterocycles. The molecule has 1 aliphatic rings. The Labute approximate surface area is 220 Å². The zero-order chi connectivity index (χ0) is 24.8. The number of carbonyl (C=O) groups is 2. The van der Waals surface area contributed by atoms with Gasteiger partial charge in [-0.25, -0.2) is 4.39 Å². The molecule has 1 saturated carbocycles. The third kappa shape index (κ3) is 5.14. The fourth-order valence-electron chi connectivity index (χ4n) is 3.82. The average Bonchev–Trinajstić information content (AvgIpc) is 3.33. The van der Waals surface area contributed by atoms with Crippen molar-refractivity contribution in [2.24, 2.45) is 5.92 Å². The van der Waals surface area contributed by atoms with Gasteiger partial charge in [-0.3, -0.25) is 9.59 Å². The highest BCUT2D eigenvalue weighted by Gasteiger charge is 2.67. The number of carbonyl (C=O) groups excluding carboxylic acids is 2. The quantitative estimate of drug-likeness (QED) is 0.189. The molecule has 0 heterocycles. The van der Waals surface area contributed by atoms with E-state index in [9.17, 15) is 14.0 Å². The molecule has 10 heteroatoms. The first-order valence-corrected chi connectivity index (χ1v) is 11.9. The maximum absolute atomic E-state index is 13.7. The summed E-state index contributed by atoms with van der Waals surface area (Å²) in [7, 11) is 0. The van der Waals surface area contributed by atoms with Crippen LogP contribution in [-0.2, 0) is 11.2 Å². The van der Waals surface area contributed by atoms with Crippen molar-refractivity contribution < 1.29 is 14.0 Å². The average molecular weight is 561 g/mol. The summed E-state index contributed by atoms with van der Waals surface area (Å²) in [5.74, 6) is -2.68. The highest BCUT2D eigenvalue weighted by molar-refractivity contribution is 6.53. The van der Waals surface area contributed by atoms with Gasteiger partial charge in [-0.15, -0.1) is 23.2 Å². The summed E-state index contributed by atoms with van der Waals surface area (Å²) in [4.78, 5) is 25.8. The first-order chi connectivity index (χ1) is 16.0. The minimum absolute atomic E-state index is 0.00738. The van der Waals surface area contributed by atoms with Crippen LogP contribution >= 0.6 is 58.0 Å². The second kappa shape index (κ2) is 9.56. The van der Waals surface area contributed by atoms with E-state index in [1.165, 1.54) is 24.3 Å². The molecule has 0 aromatic heterocycles. The van der Waals surface area contributed by atoms with Crippen molar-refractivity contribution >= 4 is 81.1 Å². The minimum Gasteiger partial charge on any atom is -0.396 e. The Morgan fingerprint density at radius 3 is 2.29 bits per heavy atom. The minimum atomic E-state index is -1.34. The Morgan fingerprint density at radius 1 is 0.971 bits per heavy atom. The standard InChI is InChI=1S/C24H16Cl5FN2O2/c25-13-7-12(8-14(26)9-13)21-22(24(21,28)29)23(34)32-15-2-3-17(27)16(10-15)20(33)6-11-1-4-19(31)18(30)5-11/h1-5,7-10,21-22H,6,31H2,(H,32,34). The lowest BCUT2D eigenvalue weighted by molar-refractivity contribution is -0.117. The maximum atomic E-state index is 13.7. The number of nitrogens with two attached hydrogens (primary N) is 1. The Hall–Kier alpha value is -2.02. The van der Waals surface area contributed by atoms with E-state index in [1.807, 2.05) is 0 Å². The first kappa shape index (κ1) is 25.1. The molecule has 0 spiro atoms. The molecule has 4 nitrogen and oxygen atoms in total. The van der Waals surface area contributed by atoms with Crippen LogP contribution in [0.5, 0.6) is 0 Å². The van der Waals surface area contributed by atoms with Gasteiger partial charge in [0, 0.05) is 33.6 Å². The van der Waals surface area contributed by atoms with Crippen LogP contribution in [0.1, 0.15) is 27.4 Å². The number of ketones is 1. The van der Waals surface area contributed by atoms with E-state index < -0.39 is 27.9 Å². The lowest BCUT2D eigenvalue weighted by Gasteiger charge is -2.10. The first-order valence-electron chi connectivity index (χ1n) is 9.98. The highest BCUT2D eigenvalue weighted by atomic mass is 35.5. The molecule has 1 amide bonds. The predicted molar refractivity (Wildman–Crippen MR) is 136 cm³/mol. The molecule has 3 N–H and O–H groups in total. The lowest BCUT2D eigenvalue weighted by atomic mass is 10.0. The number of hydrogen-bond acceptors (Lipinski definition) is 3. The van der Waals surface area contributed by atoms with Crippen LogP contribution in [0.4, 0.5) is 15.8 Å². The van der Waals surface area contributed by atoms with E-state index in [-0.39, 0.29) is 28.5 Å². The summed E-state index contributed by atoms with van der Waals surface area (Å²) in [5.41, 5.74) is 7.06. The number of hydrogen-bond donors (Lipinski definition) is 2. The van der Waals surface area contributed by atoms with Crippen LogP contribution in [0.2, 0.25) is 15.1 Å². The van der Waals surface area contributed by atoms with Gasteiger partial charge >= 0.3 is 0 Å². The Bertz CT molecular complexity index is 1290. The molecule has 3 aromatic carbocycles. The number of amides is 1. The maximum Gasteiger partial charge on any atom is 0.231 e. The van der Waals surface area contributed by atoms with Crippen LogP contribution < -0.4 is 11.1 Å². The van der Waals surface area contributed by atoms with Crippen LogP contribution in [0.15, 0.2) is 54.6 Å². The lowest BCUT2D eigenvalue weighted by Crippen LogP contribution is -2.17. The molecule has 1 aliphatic carbocycles. The van der Waals surface area contributed by atoms with Crippen molar-refractivity contribution in [2.45, 2.75) is 16.7 Å². The van der Waals surface area contributed by atoms with Gasteiger partial charge in [0.25, 0.3) is 0 Å². The second-order valence-electron chi connectivity index (χ2n) is 7.97. The summed E-state index contributed by atoms with van der Waals surface area (Å²) >= 11 is 31.1. The molecule has 176 valence electrons. The molecule has 4 rings (SSSR count). The number of nitrogen functional groups attached to an aromatic ring is 1. The molecule has 2 atom stereocenters. The third-order valence-electron chi connectivity index (χ3n) is 5.54. The van der Waals surface area contributed by atoms with E-state index in [4.69, 9.17) is 63.7 Å². The van der Waals surface area contributed by atoms with Gasteiger partial charge in [0.05, 0.1) is 16.6 Å². The molecule has 1 fully saturated rings. The number of halogens is 6. The molecule has 2 unspecified atom stereocenters. The number of rotatable bonds is 6. The van der Waals surface area contributed by atoms with Crippen LogP contribution in [0.25, 0.3) is 0 Å². The van der Waals surface area contributed by atoms with Crippen LogP contribution in [0, 0.1) is 11.7 Å². The smallest absolute Gasteiger partial charge is 0.231 e. The van der Waals surface area contributed by atoms with Gasteiger partial charge in [-0.05, 0) is 59.7 Å². The highest BCUT2D eigenvalue weighted by Crippen LogP contribution is 2.65. The van der Waals surface area contributed by atoms with Gasteiger partial charge in [0.1, 0.15) is 10.2 Å². The van der Waals surface area contributed by atoms with E-state index >= 15 is 0 Å². The molecule has 34 heavy (non-hydrogen) atoms. The van der Waals surface area contributed by atoms with Crippen molar-refractivity contribution in [3.05, 3.63) is 92.2 Å². The number of anilines is 2. The number of alkyl halides is 2. The largest absolute Gasteiger partial charge is 0.396 e. The van der Waals surface area contributed by atoms with Crippen molar-refractivity contribution in [2.75, 3.05) is 11.1 Å². The van der Waals surface area contributed by atoms with Gasteiger partial charge in [0.15, 0.2) is 5.78 Å². The Balaban J connectivity index is 1.51. The molecular weight excluding hydrogens is 545 g/mol. The Morgan fingerprint density at radius 2 is 1.65 bits per heavy atom. The number of Topliss-reactive ketones (excluding diaryl/α,β-unsaturated/α-hetero) is 1. The van der Waals surface area contributed by atoms with E-state index in [0.717, 1.165) is 0 Å². The van der Waals surface area contributed by atoms with Crippen molar-refractivity contribution in [1.29, 1.82) is 0 Å². The number of nitrogens with one attached hydrogen (secondary N) is 1.